The molecule has 0 aromatic heterocycles. The average molecular weight is 422 g/mol. The third-order valence-corrected chi connectivity index (χ3v) is 6.94. The largest absolute Gasteiger partial charge is 0.489 e. The molecule has 4 fully saturated rings. The van der Waals surface area contributed by atoms with Gasteiger partial charge in [0.05, 0.1) is 11.6 Å². The summed E-state index contributed by atoms with van der Waals surface area (Å²) in [5.74, 6) is 1.40. The van der Waals surface area contributed by atoms with Crippen LogP contribution < -0.4 is 10.1 Å². The minimum atomic E-state index is -0.152. The Balaban J connectivity index is 1.27. The van der Waals surface area contributed by atoms with E-state index in [2.05, 4.69) is 15.1 Å². The quantitative estimate of drug-likeness (QED) is 0.686. The molecule has 160 valence electrons. The molecule has 7 heteroatoms. The minimum Gasteiger partial charge on any atom is -0.489 e. The van der Waals surface area contributed by atoms with Gasteiger partial charge in [-0.1, -0.05) is 11.6 Å². The van der Waals surface area contributed by atoms with Crippen molar-refractivity contribution in [2.45, 2.75) is 37.8 Å². The number of methoxy groups -OCH3 is 1. The number of piperidine rings is 4. The Hall–Kier alpha value is -1.34. The molecule has 6 nitrogen and oxygen atoms in total. The summed E-state index contributed by atoms with van der Waals surface area (Å²) >= 11 is 6.40. The second kappa shape index (κ2) is 9.65. The third kappa shape index (κ3) is 5.05. The second-order valence-corrected chi connectivity index (χ2v) is 8.86. The van der Waals surface area contributed by atoms with Crippen LogP contribution in [0.25, 0.3) is 0 Å². The van der Waals surface area contributed by atoms with Crippen LogP contribution in [-0.2, 0) is 4.74 Å². The van der Waals surface area contributed by atoms with E-state index in [9.17, 15) is 4.79 Å². The summed E-state index contributed by atoms with van der Waals surface area (Å²) in [5.41, 5.74) is 0.538. The fourth-order valence-electron chi connectivity index (χ4n) is 4.96. The van der Waals surface area contributed by atoms with E-state index in [-0.39, 0.29) is 12.0 Å². The normalized spacial score (nSPS) is 27.7. The number of carbonyl (C=O) groups excluding carboxylic acids is 1. The first kappa shape index (κ1) is 20.9. The van der Waals surface area contributed by atoms with Crippen LogP contribution in [0.2, 0.25) is 5.02 Å². The zero-order chi connectivity index (χ0) is 20.2. The van der Waals surface area contributed by atoms with Gasteiger partial charge in [-0.15, -0.1) is 0 Å². The van der Waals surface area contributed by atoms with E-state index >= 15 is 0 Å². The van der Waals surface area contributed by atoms with E-state index in [4.69, 9.17) is 21.1 Å². The van der Waals surface area contributed by atoms with E-state index in [1.54, 1.807) is 19.2 Å². The standard InChI is InChI=1S/C22H32ClN3O3/c1-28-13-8-24-22(27)17-2-3-21(19(23)14-17)29-18-6-11-26(12-7-18)20-15-25-9-4-16(20)5-10-25/h2-3,14,16,18,20H,4-13,15H2,1H3,(H,24,27). The van der Waals surface area contributed by atoms with Crippen LogP contribution in [0, 0.1) is 5.92 Å². The van der Waals surface area contributed by atoms with E-state index in [0.717, 1.165) is 37.9 Å². The first-order valence-corrected chi connectivity index (χ1v) is 11.2. The molecule has 1 N–H and O–H groups in total. The van der Waals surface area contributed by atoms with Gasteiger partial charge in [-0.05, 0) is 62.9 Å². The van der Waals surface area contributed by atoms with E-state index < -0.39 is 0 Å². The summed E-state index contributed by atoms with van der Waals surface area (Å²) in [7, 11) is 1.61. The van der Waals surface area contributed by atoms with Gasteiger partial charge < -0.3 is 19.7 Å². The highest BCUT2D eigenvalue weighted by molar-refractivity contribution is 6.32. The number of halogens is 1. The molecule has 1 amide bonds. The summed E-state index contributed by atoms with van der Waals surface area (Å²) in [6.45, 7) is 6.98. The van der Waals surface area contributed by atoms with Crippen molar-refractivity contribution in [1.82, 2.24) is 15.1 Å². The highest BCUT2D eigenvalue weighted by Crippen LogP contribution is 2.33. The lowest BCUT2D eigenvalue weighted by atomic mass is 9.82. The third-order valence-electron chi connectivity index (χ3n) is 6.65. The smallest absolute Gasteiger partial charge is 0.251 e. The number of hydrogen-bond donors (Lipinski definition) is 1. The lowest BCUT2D eigenvalue weighted by molar-refractivity contribution is -0.0178. The number of likely N-dealkylation sites (tertiary alicyclic amines) is 1. The lowest BCUT2D eigenvalue weighted by Gasteiger charge is -2.50. The highest BCUT2D eigenvalue weighted by Gasteiger charge is 2.38. The number of carbonyl (C=O) groups is 1. The molecule has 1 aromatic carbocycles. The monoisotopic (exact) mass is 421 g/mol. The number of nitrogens with zero attached hydrogens (tertiary/aromatic N) is 2. The summed E-state index contributed by atoms with van der Waals surface area (Å²) < 4.78 is 11.1. The van der Waals surface area contributed by atoms with Crippen molar-refractivity contribution in [2.24, 2.45) is 5.92 Å². The summed E-state index contributed by atoms with van der Waals surface area (Å²) in [6, 6.07) is 6.00. The van der Waals surface area contributed by atoms with Crippen LogP contribution in [0.1, 0.15) is 36.0 Å². The molecule has 1 unspecified atom stereocenters. The molecular formula is C22H32ClN3O3. The fourth-order valence-corrected chi connectivity index (χ4v) is 5.18. The van der Waals surface area contributed by atoms with Crippen molar-refractivity contribution >= 4 is 17.5 Å². The number of hydrogen-bond acceptors (Lipinski definition) is 5. The van der Waals surface area contributed by atoms with Crippen LogP contribution in [0.3, 0.4) is 0 Å². The predicted molar refractivity (Wildman–Crippen MR) is 114 cm³/mol. The van der Waals surface area contributed by atoms with Crippen LogP contribution in [0.15, 0.2) is 18.2 Å². The first-order chi connectivity index (χ1) is 14.1. The van der Waals surface area contributed by atoms with Gasteiger partial charge in [0.2, 0.25) is 0 Å². The van der Waals surface area contributed by atoms with Gasteiger partial charge >= 0.3 is 0 Å². The Kier molecular flexibility index (Phi) is 6.96. The number of fused-ring (bicyclic) bond motifs is 3. The van der Waals surface area contributed by atoms with Crippen LogP contribution in [-0.4, -0.2) is 80.8 Å². The molecule has 4 saturated heterocycles. The van der Waals surface area contributed by atoms with Gasteiger partial charge in [-0.25, -0.2) is 0 Å². The van der Waals surface area contributed by atoms with Gasteiger partial charge in [0.25, 0.3) is 5.91 Å². The molecular weight excluding hydrogens is 390 g/mol. The van der Waals surface area contributed by atoms with E-state index in [1.807, 2.05) is 6.07 Å². The molecule has 1 aromatic rings. The van der Waals surface area contributed by atoms with Gasteiger partial charge in [0.15, 0.2) is 0 Å². The van der Waals surface area contributed by atoms with Crippen molar-refractivity contribution in [3.63, 3.8) is 0 Å². The number of ether oxygens (including phenoxy) is 2. The first-order valence-electron chi connectivity index (χ1n) is 10.8. The highest BCUT2D eigenvalue weighted by atomic mass is 35.5. The fraction of sp³-hybridized carbons (Fsp3) is 0.682. The minimum absolute atomic E-state index is 0.152. The van der Waals surface area contributed by atoms with Gasteiger partial charge in [0, 0.05) is 44.9 Å². The molecule has 2 bridgehead atoms. The molecule has 4 heterocycles. The average Bonchev–Trinajstić information content (AvgIpc) is 2.76. The molecule has 29 heavy (non-hydrogen) atoms. The zero-order valence-electron chi connectivity index (χ0n) is 17.2. The molecule has 4 aliphatic rings. The summed E-state index contributed by atoms with van der Waals surface area (Å²) in [4.78, 5) is 17.4. The zero-order valence-corrected chi connectivity index (χ0v) is 18.0. The molecule has 0 saturated carbocycles. The Bertz CT molecular complexity index is 701. The van der Waals surface area contributed by atoms with Gasteiger partial charge in [0.1, 0.15) is 11.9 Å². The van der Waals surface area contributed by atoms with Crippen molar-refractivity contribution < 1.29 is 14.3 Å². The van der Waals surface area contributed by atoms with Crippen LogP contribution in [0.5, 0.6) is 5.75 Å². The maximum atomic E-state index is 12.1. The van der Waals surface area contributed by atoms with E-state index in [1.165, 1.54) is 32.5 Å². The summed E-state index contributed by atoms with van der Waals surface area (Å²) in [5, 5.41) is 3.29. The van der Waals surface area contributed by atoms with Crippen molar-refractivity contribution in [2.75, 3.05) is 53.0 Å². The molecule has 5 rings (SSSR count). The van der Waals surface area contributed by atoms with Crippen molar-refractivity contribution in [3.8, 4) is 5.75 Å². The topological polar surface area (TPSA) is 54.0 Å². The summed E-state index contributed by atoms with van der Waals surface area (Å²) in [6.07, 6.45) is 4.97. The Morgan fingerprint density at radius 3 is 2.55 bits per heavy atom. The van der Waals surface area contributed by atoms with Crippen molar-refractivity contribution in [3.05, 3.63) is 28.8 Å². The Morgan fingerprint density at radius 1 is 1.17 bits per heavy atom. The van der Waals surface area contributed by atoms with Crippen LogP contribution >= 0.6 is 11.6 Å². The Morgan fingerprint density at radius 2 is 1.93 bits per heavy atom. The molecule has 0 aliphatic carbocycles. The second-order valence-electron chi connectivity index (χ2n) is 8.45. The molecule has 0 spiro atoms. The predicted octanol–water partition coefficient (Wildman–Crippen LogP) is 2.65. The maximum Gasteiger partial charge on any atom is 0.251 e. The van der Waals surface area contributed by atoms with Gasteiger partial charge in [-0.3, -0.25) is 9.69 Å². The maximum absolute atomic E-state index is 12.1. The molecule has 1 atom stereocenters. The van der Waals surface area contributed by atoms with E-state index in [0.29, 0.717) is 29.5 Å². The van der Waals surface area contributed by atoms with Gasteiger partial charge in [-0.2, -0.15) is 0 Å². The Labute approximate surface area is 178 Å². The number of amides is 1. The molecule has 4 aliphatic heterocycles. The van der Waals surface area contributed by atoms with Crippen molar-refractivity contribution in [1.29, 1.82) is 0 Å². The number of benzene rings is 1. The number of rotatable bonds is 7. The number of nitrogens with one attached hydrogen (secondary N) is 1. The molecule has 0 radical (unpaired) electrons. The SMILES string of the molecule is COCCNC(=O)c1ccc(OC2CCN(C3CN4CCC3CC4)CC2)c(Cl)c1. The lowest BCUT2D eigenvalue weighted by Crippen LogP contribution is -2.59. The van der Waals surface area contributed by atoms with Crippen LogP contribution in [0.4, 0.5) is 0 Å².